The van der Waals surface area contributed by atoms with Crippen LogP contribution in [0.25, 0.3) is 0 Å². The Kier molecular flexibility index (Phi) is 3.94. The first-order valence-corrected chi connectivity index (χ1v) is 5.92. The number of rotatable bonds is 4. The summed E-state index contributed by atoms with van der Waals surface area (Å²) in [5, 5.41) is 9.00. The molecule has 2 aromatic heterocycles. The Morgan fingerprint density at radius 3 is 3.05 bits per heavy atom. The summed E-state index contributed by atoms with van der Waals surface area (Å²) < 4.78 is 6.73. The topological polar surface area (TPSA) is 67.9 Å². The minimum atomic E-state index is -0.366. The SMILES string of the molecule is CCOC(=O)c1cccn1Cc1cccnc1C#N. The number of hydrogen-bond acceptors (Lipinski definition) is 4. The van der Waals surface area contributed by atoms with Crippen molar-refractivity contribution in [2.75, 3.05) is 6.61 Å². The summed E-state index contributed by atoms with van der Waals surface area (Å²) in [7, 11) is 0. The summed E-state index contributed by atoms with van der Waals surface area (Å²) in [5.41, 5.74) is 1.60. The fourth-order valence-electron chi connectivity index (χ4n) is 1.79. The summed E-state index contributed by atoms with van der Waals surface area (Å²) >= 11 is 0. The number of nitrogens with zero attached hydrogens (tertiary/aromatic N) is 3. The van der Waals surface area contributed by atoms with E-state index in [0.717, 1.165) is 5.56 Å². The summed E-state index contributed by atoms with van der Waals surface area (Å²) in [6.45, 7) is 2.51. The molecule has 2 heterocycles. The van der Waals surface area contributed by atoms with Crippen molar-refractivity contribution < 1.29 is 9.53 Å². The molecular formula is C14H13N3O2. The van der Waals surface area contributed by atoms with E-state index in [-0.39, 0.29) is 5.97 Å². The second kappa shape index (κ2) is 5.83. The third kappa shape index (κ3) is 2.80. The number of pyridine rings is 1. The quantitative estimate of drug-likeness (QED) is 0.783. The van der Waals surface area contributed by atoms with Crippen molar-refractivity contribution in [2.45, 2.75) is 13.5 Å². The van der Waals surface area contributed by atoms with Gasteiger partial charge in [0.1, 0.15) is 17.5 Å². The fraction of sp³-hybridized carbons (Fsp3) is 0.214. The van der Waals surface area contributed by atoms with E-state index < -0.39 is 0 Å². The van der Waals surface area contributed by atoms with Gasteiger partial charge in [0, 0.05) is 18.0 Å². The van der Waals surface area contributed by atoms with Crippen LogP contribution in [0.3, 0.4) is 0 Å². The van der Waals surface area contributed by atoms with E-state index in [2.05, 4.69) is 4.98 Å². The molecule has 5 nitrogen and oxygen atoms in total. The number of carbonyl (C=O) groups excluding carboxylic acids is 1. The van der Waals surface area contributed by atoms with Crippen molar-refractivity contribution in [1.29, 1.82) is 5.26 Å². The van der Waals surface area contributed by atoms with Crippen LogP contribution in [0.15, 0.2) is 36.7 Å². The number of carbonyl (C=O) groups is 1. The molecule has 19 heavy (non-hydrogen) atoms. The molecular weight excluding hydrogens is 242 g/mol. The lowest BCUT2D eigenvalue weighted by atomic mass is 10.2. The van der Waals surface area contributed by atoms with E-state index in [9.17, 15) is 4.79 Å². The van der Waals surface area contributed by atoms with Gasteiger partial charge in [-0.3, -0.25) is 0 Å². The molecule has 0 aliphatic carbocycles. The molecule has 0 fully saturated rings. The molecule has 0 saturated heterocycles. The molecule has 5 heteroatoms. The van der Waals surface area contributed by atoms with Crippen LogP contribution >= 0.6 is 0 Å². The van der Waals surface area contributed by atoms with E-state index in [1.54, 1.807) is 42.1 Å². The molecule has 2 aromatic rings. The first-order valence-electron chi connectivity index (χ1n) is 5.92. The normalized spacial score (nSPS) is 9.89. The molecule has 0 saturated carbocycles. The van der Waals surface area contributed by atoms with Gasteiger partial charge >= 0.3 is 5.97 Å². The molecule has 0 bridgehead atoms. The molecule has 0 atom stereocenters. The van der Waals surface area contributed by atoms with E-state index in [4.69, 9.17) is 10.00 Å². The number of ether oxygens (including phenoxy) is 1. The number of hydrogen-bond donors (Lipinski definition) is 0. The molecule has 2 rings (SSSR count). The van der Waals surface area contributed by atoms with Crippen molar-refractivity contribution in [2.24, 2.45) is 0 Å². The Labute approximate surface area is 111 Å². The second-order valence-electron chi connectivity index (χ2n) is 3.86. The van der Waals surface area contributed by atoms with Gasteiger partial charge in [0.2, 0.25) is 0 Å². The monoisotopic (exact) mass is 255 g/mol. The molecule has 0 amide bonds. The van der Waals surface area contributed by atoms with Crippen molar-refractivity contribution >= 4 is 5.97 Å². The summed E-state index contributed by atoms with van der Waals surface area (Å²) in [6.07, 6.45) is 3.35. The molecule has 0 unspecified atom stereocenters. The number of aromatic nitrogens is 2. The average Bonchev–Trinajstić information content (AvgIpc) is 2.88. The van der Waals surface area contributed by atoms with Crippen molar-refractivity contribution in [3.8, 4) is 6.07 Å². The zero-order chi connectivity index (χ0) is 13.7. The van der Waals surface area contributed by atoms with E-state index in [0.29, 0.717) is 24.5 Å². The Bertz CT molecular complexity index is 626. The Morgan fingerprint density at radius 1 is 1.47 bits per heavy atom. The number of esters is 1. The first kappa shape index (κ1) is 12.8. The van der Waals surface area contributed by atoms with Gasteiger partial charge in [-0.05, 0) is 25.1 Å². The highest BCUT2D eigenvalue weighted by Gasteiger charge is 2.13. The van der Waals surface area contributed by atoms with Crippen molar-refractivity contribution in [3.63, 3.8) is 0 Å². The lowest BCUT2D eigenvalue weighted by Gasteiger charge is -2.09. The maximum absolute atomic E-state index is 11.7. The molecule has 0 aliphatic rings. The molecule has 0 aromatic carbocycles. The predicted octanol–water partition coefficient (Wildman–Crippen LogP) is 1.98. The Morgan fingerprint density at radius 2 is 2.32 bits per heavy atom. The molecule has 0 radical (unpaired) electrons. The van der Waals surface area contributed by atoms with Crippen molar-refractivity contribution in [1.82, 2.24) is 9.55 Å². The Balaban J connectivity index is 2.27. The van der Waals surface area contributed by atoms with Gasteiger partial charge < -0.3 is 9.30 Å². The van der Waals surface area contributed by atoms with Crippen LogP contribution in [0.4, 0.5) is 0 Å². The lowest BCUT2D eigenvalue weighted by Crippen LogP contribution is -2.13. The minimum Gasteiger partial charge on any atom is -0.461 e. The van der Waals surface area contributed by atoms with Gasteiger partial charge in [-0.1, -0.05) is 6.07 Å². The van der Waals surface area contributed by atoms with E-state index >= 15 is 0 Å². The maximum Gasteiger partial charge on any atom is 0.354 e. The molecule has 0 aliphatic heterocycles. The van der Waals surface area contributed by atoms with Gasteiger partial charge in [-0.25, -0.2) is 9.78 Å². The van der Waals surface area contributed by atoms with Crippen LogP contribution in [0, 0.1) is 11.3 Å². The van der Waals surface area contributed by atoms with Gasteiger partial charge in [0.25, 0.3) is 0 Å². The zero-order valence-electron chi connectivity index (χ0n) is 10.5. The highest BCUT2D eigenvalue weighted by molar-refractivity contribution is 5.87. The summed E-state index contributed by atoms with van der Waals surface area (Å²) in [6, 6.07) is 9.10. The van der Waals surface area contributed by atoms with Crippen LogP contribution in [-0.2, 0) is 11.3 Å². The highest BCUT2D eigenvalue weighted by atomic mass is 16.5. The third-order valence-electron chi connectivity index (χ3n) is 2.65. The maximum atomic E-state index is 11.7. The predicted molar refractivity (Wildman–Crippen MR) is 68.4 cm³/mol. The summed E-state index contributed by atoms with van der Waals surface area (Å²) in [4.78, 5) is 15.7. The van der Waals surface area contributed by atoms with Crippen LogP contribution in [0.5, 0.6) is 0 Å². The van der Waals surface area contributed by atoms with Crippen LogP contribution in [0.2, 0.25) is 0 Å². The molecule has 0 spiro atoms. The largest absolute Gasteiger partial charge is 0.461 e. The zero-order valence-corrected chi connectivity index (χ0v) is 10.5. The third-order valence-corrected chi connectivity index (χ3v) is 2.65. The fourth-order valence-corrected chi connectivity index (χ4v) is 1.79. The lowest BCUT2D eigenvalue weighted by molar-refractivity contribution is 0.0514. The highest BCUT2D eigenvalue weighted by Crippen LogP contribution is 2.11. The summed E-state index contributed by atoms with van der Waals surface area (Å²) in [5.74, 6) is -0.366. The average molecular weight is 255 g/mol. The second-order valence-corrected chi connectivity index (χ2v) is 3.86. The van der Waals surface area contributed by atoms with Gasteiger partial charge in [-0.2, -0.15) is 5.26 Å². The number of nitriles is 1. The smallest absolute Gasteiger partial charge is 0.354 e. The Hall–Kier alpha value is -2.61. The van der Waals surface area contributed by atoms with Crippen LogP contribution in [0.1, 0.15) is 28.7 Å². The van der Waals surface area contributed by atoms with Crippen LogP contribution in [-0.4, -0.2) is 22.1 Å². The minimum absolute atomic E-state index is 0.334. The van der Waals surface area contributed by atoms with E-state index in [1.807, 2.05) is 12.1 Å². The van der Waals surface area contributed by atoms with Gasteiger partial charge in [-0.15, -0.1) is 0 Å². The standard InChI is InChI=1S/C14H13N3O2/c1-2-19-14(18)13-6-4-8-17(13)10-11-5-3-7-16-12(11)9-15/h3-8H,2,10H2,1H3. The van der Waals surface area contributed by atoms with Gasteiger partial charge in [0.15, 0.2) is 0 Å². The molecule has 96 valence electrons. The first-order chi connectivity index (χ1) is 9.26. The van der Waals surface area contributed by atoms with Crippen LogP contribution < -0.4 is 0 Å². The van der Waals surface area contributed by atoms with E-state index in [1.165, 1.54) is 0 Å². The van der Waals surface area contributed by atoms with Gasteiger partial charge in [0.05, 0.1) is 13.2 Å². The molecule has 0 N–H and O–H groups in total. The van der Waals surface area contributed by atoms with Crippen molar-refractivity contribution in [3.05, 3.63) is 53.6 Å².